The molecule has 1 aliphatic heterocycles. The molecule has 1 aliphatic carbocycles. The molecule has 31 heavy (non-hydrogen) atoms. The fourth-order valence-electron chi connectivity index (χ4n) is 4.32. The largest absolute Gasteiger partial charge is 0.490 e. The van der Waals surface area contributed by atoms with Gasteiger partial charge in [0.05, 0.1) is 11.6 Å². The zero-order chi connectivity index (χ0) is 22.3. The van der Waals surface area contributed by atoms with E-state index in [1.807, 2.05) is 12.1 Å². The summed E-state index contributed by atoms with van der Waals surface area (Å²) in [7, 11) is 0. The van der Waals surface area contributed by atoms with Gasteiger partial charge in [-0.25, -0.2) is 4.85 Å². The number of ether oxygens (including phenoxy) is 1. The van der Waals surface area contributed by atoms with Crippen LogP contribution in [0.1, 0.15) is 55.6 Å². The van der Waals surface area contributed by atoms with E-state index in [1.165, 1.54) is 11.1 Å². The molecule has 0 bridgehead atoms. The molecule has 0 saturated heterocycles. The van der Waals surface area contributed by atoms with Gasteiger partial charge in [0.1, 0.15) is 11.9 Å². The predicted molar refractivity (Wildman–Crippen MR) is 123 cm³/mol. The maximum Gasteiger partial charge on any atom is 0.251 e. The molecule has 1 saturated carbocycles. The van der Waals surface area contributed by atoms with E-state index in [0.717, 1.165) is 19.5 Å². The fourth-order valence-corrected chi connectivity index (χ4v) is 4.53. The van der Waals surface area contributed by atoms with E-state index in [-0.39, 0.29) is 23.5 Å². The summed E-state index contributed by atoms with van der Waals surface area (Å²) in [6, 6.07) is 11.7. The van der Waals surface area contributed by atoms with Gasteiger partial charge in [-0.2, -0.15) is 0 Å². The standard InChI is InChI=1S/C25H28ClN3O2/c1-15(2)29-13-17-7-6-16(10-18(17)14-29)24(30)28-22-12-23(25(22,3)4)31-19-8-9-21(27-5)20(26)11-19/h6-11,15,22-23H,12-14H2,1-4H3,(H,28,30)/t22-,23-/m0/s1. The highest BCUT2D eigenvalue weighted by atomic mass is 35.5. The van der Waals surface area contributed by atoms with Crippen molar-refractivity contribution in [1.29, 1.82) is 0 Å². The Morgan fingerprint density at radius 1 is 1.23 bits per heavy atom. The molecule has 1 heterocycles. The molecule has 2 aromatic rings. The Bertz CT molecular complexity index is 1060. The highest BCUT2D eigenvalue weighted by Gasteiger charge is 2.50. The van der Waals surface area contributed by atoms with E-state index >= 15 is 0 Å². The molecular formula is C25H28ClN3O2. The Hall–Kier alpha value is -2.55. The summed E-state index contributed by atoms with van der Waals surface area (Å²) in [5.41, 5.74) is 3.47. The van der Waals surface area contributed by atoms with Crippen molar-refractivity contribution in [1.82, 2.24) is 10.2 Å². The normalized spacial score (nSPS) is 21.8. The first-order chi connectivity index (χ1) is 14.7. The summed E-state index contributed by atoms with van der Waals surface area (Å²) >= 11 is 6.12. The van der Waals surface area contributed by atoms with E-state index < -0.39 is 0 Å². The van der Waals surface area contributed by atoms with Crippen molar-refractivity contribution in [3.63, 3.8) is 0 Å². The highest BCUT2D eigenvalue weighted by Crippen LogP contribution is 2.44. The molecular weight excluding hydrogens is 410 g/mol. The van der Waals surface area contributed by atoms with Gasteiger partial charge in [0.25, 0.3) is 5.91 Å². The maximum absolute atomic E-state index is 12.9. The Balaban J connectivity index is 1.38. The van der Waals surface area contributed by atoms with E-state index in [9.17, 15) is 4.79 Å². The topological polar surface area (TPSA) is 45.9 Å². The first-order valence-corrected chi connectivity index (χ1v) is 11.1. The zero-order valence-corrected chi connectivity index (χ0v) is 19.2. The second-order valence-electron chi connectivity index (χ2n) is 9.40. The number of halogens is 1. The van der Waals surface area contributed by atoms with Crippen LogP contribution in [0.2, 0.25) is 5.02 Å². The minimum atomic E-state index is -0.216. The number of nitrogens with zero attached hydrogens (tertiary/aromatic N) is 2. The van der Waals surface area contributed by atoms with Crippen molar-refractivity contribution in [2.24, 2.45) is 5.41 Å². The number of amides is 1. The van der Waals surface area contributed by atoms with Crippen LogP contribution in [0.5, 0.6) is 5.75 Å². The number of hydrogen-bond acceptors (Lipinski definition) is 3. The van der Waals surface area contributed by atoms with E-state index in [2.05, 4.69) is 48.8 Å². The van der Waals surface area contributed by atoms with Gasteiger partial charge in [-0.05, 0) is 49.2 Å². The Morgan fingerprint density at radius 3 is 2.61 bits per heavy atom. The lowest BCUT2D eigenvalue weighted by Crippen LogP contribution is -2.63. The molecule has 6 heteroatoms. The number of carbonyl (C=O) groups is 1. The van der Waals surface area contributed by atoms with Crippen molar-refractivity contribution in [2.75, 3.05) is 0 Å². The zero-order valence-electron chi connectivity index (χ0n) is 18.4. The molecule has 2 aliphatic rings. The summed E-state index contributed by atoms with van der Waals surface area (Å²) in [4.78, 5) is 18.7. The molecule has 0 unspecified atom stereocenters. The highest BCUT2D eigenvalue weighted by molar-refractivity contribution is 6.33. The summed E-state index contributed by atoms with van der Waals surface area (Å²) < 4.78 is 6.11. The second-order valence-corrected chi connectivity index (χ2v) is 9.80. The van der Waals surface area contributed by atoms with Crippen LogP contribution in [-0.4, -0.2) is 29.0 Å². The van der Waals surface area contributed by atoms with Gasteiger partial charge in [0.15, 0.2) is 0 Å². The Morgan fingerprint density at radius 2 is 1.97 bits per heavy atom. The van der Waals surface area contributed by atoms with Crippen molar-refractivity contribution >= 4 is 23.2 Å². The monoisotopic (exact) mass is 437 g/mol. The number of nitrogens with one attached hydrogen (secondary N) is 1. The lowest BCUT2D eigenvalue weighted by atomic mass is 9.64. The second kappa shape index (κ2) is 8.18. The molecule has 1 amide bonds. The fraction of sp³-hybridized carbons (Fsp3) is 0.440. The van der Waals surface area contributed by atoms with Gasteiger partial charge in [0, 0.05) is 42.6 Å². The summed E-state index contributed by atoms with van der Waals surface area (Å²) in [5, 5.41) is 3.59. The molecule has 0 aromatic heterocycles. The third kappa shape index (κ3) is 4.15. The van der Waals surface area contributed by atoms with Gasteiger partial charge in [-0.3, -0.25) is 9.69 Å². The number of hydrogen-bond donors (Lipinski definition) is 1. The third-order valence-corrected chi connectivity index (χ3v) is 7.05. The minimum Gasteiger partial charge on any atom is -0.490 e. The third-order valence-electron chi connectivity index (χ3n) is 6.75. The Labute approximate surface area is 189 Å². The molecule has 2 aromatic carbocycles. The summed E-state index contributed by atoms with van der Waals surface area (Å²) in [6.07, 6.45) is 0.694. The first kappa shape index (κ1) is 21.7. The van der Waals surface area contributed by atoms with Gasteiger partial charge >= 0.3 is 0 Å². The SMILES string of the molecule is [C-]#[N+]c1ccc(O[C@H]2C[C@H](NC(=O)c3ccc4c(c3)CN(C(C)C)C4)C2(C)C)cc1Cl. The number of benzene rings is 2. The van der Waals surface area contributed by atoms with Crippen molar-refractivity contribution in [3.05, 3.63) is 69.5 Å². The van der Waals surface area contributed by atoms with Crippen LogP contribution < -0.4 is 10.1 Å². The van der Waals surface area contributed by atoms with Gasteiger partial charge < -0.3 is 10.1 Å². The molecule has 0 spiro atoms. The average Bonchev–Trinajstić information content (AvgIpc) is 3.17. The van der Waals surface area contributed by atoms with Crippen molar-refractivity contribution in [2.45, 2.75) is 65.4 Å². The van der Waals surface area contributed by atoms with Crippen molar-refractivity contribution < 1.29 is 9.53 Å². The molecule has 5 nitrogen and oxygen atoms in total. The summed E-state index contributed by atoms with van der Waals surface area (Å²) in [5.74, 6) is 0.611. The van der Waals surface area contributed by atoms with Crippen LogP contribution in [0.4, 0.5) is 5.69 Å². The van der Waals surface area contributed by atoms with Crippen LogP contribution in [0.3, 0.4) is 0 Å². The van der Waals surface area contributed by atoms with E-state index in [4.69, 9.17) is 22.9 Å². The van der Waals surface area contributed by atoms with Crippen molar-refractivity contribution in [3.8, 4) is 5.75 Å². The quantitative estimate of drug-likeness (QED) is 0.620. The maximum atomic E-state index is 12.9. The van der Waals surface area contributed by atoms with Crippen LogP contribution in [0.25, 0.3) is 4.85 Å². The number of carbonyl (C=O) groups excluding carboxylic acids is 1. The van der Waals surface area contributed by atoms with E-state index in [1.54, 1.807) is 18.2 Å². The van der Waals surface area contributed by atoms with Gasteiger partial charge in [-0.15, -0.1) is 0 Å². The molecule has 4 rings (SSSR count). The molecule has 2 atom stereocenters. The number of rotatable bonds is 5. The minimum absolute atomic E-state index is 0.0309. The molecule has 1 fully saturated rings. The van der Waals surface area contributed by atoms with Crippen LogP contribution >= 0.6 is 11.6 Å². The number of fused-ring (bicyclic) bond motifs is 1. The smallest absolute Gasteiger partial charge is 0.251 e. The summed E-state index contributed by atoms with van der Waals surface area (Å²) in [6.45, 7) is 17.5. The van der Waals surface area contributed by atoms with E-state index in [0.29, 0.717) is 28.1 Å². The molecule has 1 N–H and O–H groups in total. The van der Waals surface area contributed by atoms with Crippen LogP contribution in [-0.2, 0) is 13.1 Å². The molecule has 0 radical (unpaired) electrons. The average molecular weight is 438 g/mol. The Kier molecular flexibility index (Phi) is 5.72. The van der Waals surface area contributed by atoms with Gasteiger partial charge in [-0.1, -0.05) is 37.6 Å². The lowest BCUT2D eigenvalue weighted by molar-refractivity contribution is -0.0515. The van der Waals surface area contributed by atoms with Crippen LogP contribution in [0.15, 0.2) is 36.4 Å². The van der Waals surface area contributed by atoms with Gasteiger partial charge in [0.2, 0.25) is 5.69 Å². The van der Waals surface area contributed by atoms with Crippen LogP contribution in [0, 0.1) is 12.0 Å². The lowest BCUT2D eigenvalue weighted by Gasteiger charge is -2.51. The first-order valence-electron chi connectivity index (χ1n) is 10.7. The molecule has 162 valence electrons. The predicted octanol–water partition coefficient (Wildman–Crippen LogP) is 5.59.